The van der Waals surface area contributed by atoms with Gasteiger partial charge in [-0.05, 0) is 90.7 Å². The van der Waals surface area contributed by atoms with Crippen molar-refractivity contribution in [1.82, 2.24) is 0 Å². The minimum Gasteiger partial charge on any atom is -0.355 e. The van der Waals surface area contributed by atoms with Crippen LogP contribution in [0.4, 0.5) is 34.1 Å². The largest absolute Gasteiger partial charge is 0.355 e. The topological polar surface area (TPSA) is 13.0 Å². The number of hydrogen-bond donors (Lipinski definition) is 0. The molecular weight excluding hydrogens is 404 g/mol. The molecule has 0 N–H and O–H groups in total. The Bertz CT molecular complexity index is 1410. The molecular formula is C29H30N4. The van der Waals surface area contributed by atoms with E-state index in [2.05, 4.69) is 121 Å². The summed E-state index contributed by atoms with van der Waals surface area (Å²) in [6.07, 6.45) is 0. The zero-order valence-electron chi connectivity index (χ0n) is 20.1. The predicted octanol–water partition coefficient (Wildman–Crippen LogP) is 6.86. The van der Waals surface area contributed by atoms with Crippen LogP contribution < -0.4 is 19.6 Å². The van der Waals surface area contributed by atoms with Crippen LogP contribution in [0.25, 0.3) is 10.8 Å². The number of fused-ring (bicyclic) bond motifs is 3. The Morgan fingerprint density at radius 1 is 0.545 bits per heavy atom. The van der Waals surface area contributed by atoms with Gasteiger partial charge >= 0.3 is 0 Å². The first-order chi connectivity index (χ1) is 15.9. The molecule has 0 saturated heterocycles. The van der Waals surface area contributed by atoms with E-state index in [0.717, 1.165) is 13.3 Å². The van der Waals surface area contributed by atoms with Gasteiger partial charge in [0.1, 0.15) is 0 Å². The van der Waals surface area contributed by atoms with Crippen molar-refractivity contribution in [3.05, 3.63) is 83.4 Å². The molecule has 4 nitrogen and oxygen atoms in total. The highest BCUT2D eigenvalue weighted by molar-refractivity contribution is 5.96. The van der Waals surface area contributed by atoms with Crippen molar-refractivity contribution in [2.45, 2.75) is 20.8 Å². The number of rotatable bonds is 2. The highest BCUT2D eigenvalue weighted by Gasteiger charge is 2.28. The fourth-order valence-corrected chi connectivity index (χ4v) is 5.27. The highest BCUT2D eigenvalue weighted by atomic mass is 15.4. The average Bonchev–Trinajstić information content (AvgIpc) is 3.29. The van der Waals surface area contributed by atoms with Gasteiger partial charge < -0.3 is 19.6 Å². The Hall–Kier alpha value is -3.66. The molecule has 0 bridgehead atoms. The maximum Gasteiger partial charge on any atom is 0.0950 e. The molecule has 6 rings (SSSR count). The molecule has 0 aliphatic carbocycles. The summed E-state index contributed by atoms with van der Waals surface area (Å²) in [4.78, 5) is 9.57. The summed E-state index contributed by atoms with van der Waals surface area (Å²) in [6, 6.07) is 24.9. The zero-order valence-corrected chi connectivity index (χ0v) is 20.1. The Kier molecular flexibility index (Phi) is 4.34. The first-order valence-corrected chi connectivity index (χ1v) is 11.6. The molecule has 33 heavy (non-hydrogen) atoms. The van der Waals surface area contributed by atoms with Crippen molar-refractivity contribution in [2.75, 3.05) is 47.0 Å². The highest BCUT2D eigenvalue weighted by Crippen LogP contribution is 2.46. The van der Waals surface area contributed by atoms with Crippen LogP contribution in [0.3, 0.4) is 0 Å². The van der Waals surface area contributed by atoms with Crippen LogP contribution in [-0.2, 0) is 0 Å². The normalized spacial score (nSPS) is 14.9. The number of aryl methyl sites for hydroxylation is 3. The van der Waals surface area contributed by atoms with Gasteiger partial charge in [-0.3, -0.25) is 0 Å². The van der Waals surface area contributed by atoms with E-state index in [1.54, 1.807) is 0 Å². The SMILES string of the molecule is Cc1cc(N2CN(C)c3cc(C)c(C)cc32)cc(N2CN(C)c3cc4ccccc4cc32)c1. The summed E-state index contributed by atoms with van der Waals surface area (Å²) in [5.74, 6) is 0. The Morgan fingerprint density at radius 2 is 1.00 bits per heavy atom. The summed E-state index contributed by atoms with van der Waals surface area (Å²) < 4.78 is 0. The summed E-state index contributed by atoms with van der Waals surface area (Å²) in [7, 11) is 4.36. The Labute approximate surface area is 196 Å². The van der Waals surface area contributed by atoms with Crippen LogP contribution in [0.5, 0.6) is 0 Å². The second kappa shape index (κ2) is 7.17. The maximum atomic E-state index is 2.44. The standard InChI is InChI=1S/C29H30N4/c1-19-10-24(32-17-30(4)26-12-20(2)21(3)13-28(26)32)16-25(11-19)33-18-31(5)27-14-22-8-6-7-9-23(22)15-29(27)33/h6-16H,17-18H2,1-5H3. The third kappa shape index (κ3) is 3.12. The smallest absolute Gasteiger partial charge is 0.0950 e. The lowest BCUT2D eigenvalue weighted by Gasteiger charge is -2.25. The average molecular weight is 435 g/mol. The van der Waals surface area contributed by atoms with Gasteiger partial charge in [0.25, 0.3) is 0 Å². The van der Waals surface area contributed by atoms with Crippen LogP contribution in [0.2, 0.25) is 0 Å². The molecule has 0 atom stereocenters. The molecule has 166 valence electrons. The van der Waals surface area contributed by atoms with E-state index in [0.29, 0.717) is 0 Å². The van der Waals surface area contributed by atoms with Gasteiger partial charge in [0.05, 0.1) is 36.1 Å². The molecule has 0 fully saturated rings. The van der Waals surface area contributed by atoms with Crippen molar-refractivity contribution in [2.24, 2.45) is 0 Å². The van der Waals surface area contributed by atoms with Crippen LogP contribution in [-0.4, -0.2) is 27.4 Å². The number of hydrogen-bond acceptors (Lipinski definition) is 4. The summed E-state index contributed by atoms with van der Waals surface area (Å²) in [5.41, 5.74) is 11.6. The second-order valence-corrected chi connectivity index (χ2v) is 9.67. The molecule has 0 amide bonds. The van der Waals surface area contributed by atoms with Crippen LogP contribution in [0.1, 0.15) is 16.7 Å². The first-order valence-electron chi connectivity index (χ1n) is 11.6. The molecule has 4 heteroatoms. The van der Waals surface area contributed by atoms with E-state index in [9.17, 15) is 0 Å². The van der Waals surface area contributed by atoms with Gasteiger partial charge in [-0.2, -0.15) is 0 Å². The second-order valence-electron chi connectivity index (χ2n) is 9.67. The van der Waals surface area contributed by atoms with E-state index in [1.165, 1.54) is 61.6 Å². The first kappa shape index (κ1) is 20.0. The number of nitrogens with zero attached hydrogens (tertiary/aromatic N) is 4. The lowest BCUT2D eigenvalue weighted by atomic mass is 10.1. The van der Waals surface area contributed by atoms with E-state index < -0.39 is 0 Å². The van der Waals surface area contributed by atoms with Crippen molar-refractivity contribution in [3.63, 3.8) is 0 Å². The van der Waals surface area contributed by atoms with Crippen molar-refractivity contribution in [1.29, 1.82) is 0 Å². The molecule has 0 saturated carbocycles. The van der Waals surface area contributed by atoms with Gasteiger partial charge in [0.2, 0.25) is 0 Å². The van der Waals surface area contributed by atoms with Crippen molar-refractivity contribution in [3.8, 4) is 0 Å². The minimum absolute atomic E-state index is 0.851. The molecule has 0 aromatic heterocycles. The van der Waals surface area contributed by atoms with Gasteiger partial charge in [-0.1, -0.05) is 24.3 Å². The predicted molar refractivity (Wildman–Crippen MR) is 142 cm³/mol. The third-order valence-electron chi connectivity index (χ3n) is 7.22. The van der Waals surface area contributed by atoms with Crippen molar-refractivity contribution < 1.29 is 0 Å². The summed E-state index contributed by atoms with van der Waals surface area (Å²) in [6.45, 7) is 8.32. The Balaban J connectivity index is 1.45. The van der Waals surface area contributed by atoms with Gasteiger partial charge in [-0.15, -0.1) is 0 Å². The molecule has 0 radical (unpaired) electrons. The van der Waals surface area contributed by atoms with Crippen LogP contribution in [0, 0.1) is 20.8 Å². The fourth-order valence-electron chi connectivity index (χ4n) is 5.27. The van der Waals surface area contributed by atoms with E-state index in [-0.39, 0.29) is 0 Å². The van der Waals surface area contributed by atoms with Crippen LogP contribution >= 0.6 is 0 Å². The van der Waals surface area contributed by atoms with Gasteiger partial charge in [0, 0.05) is 25.5 Å². The monoisotopic (exact) mass is 434 g/mol. The van der Waals surface area contributed by atoms with Gasteiger partial charge in [0.15, 0.2) is 0 Å². The molecule has 4 aromatic rings. The molecule has 0 unspecified atom stereocenters. The lowest BCUT2D eigenvalue weighted by molar-refractivity contribution is 0.938. The molecule has 2 heterocycles. The fraction of sp³-hybridized carbons (Fsp3) is 0.241. The van der Waals surface area contributed by atoms with Crippen LogP contribution in [0.15, 0.2) is 66.7 Å². The molecule has 4 aromatic carbocycles. The van der Waals surface area contributed by atoms with E-state index in [4.69, 9.17) is 0 Å². The maximum absolute atomic E-state index is 2.44. The molecule has 0 spiro atoms. The zero-order chi connectivity index (χ0) is 22.9. The molecule has 2 aliphatic heterocycles. The lowest BCUT2D eigenvalue weighted by Crippen LogP contribution is -2.26. The third-order valence-corrected chi connectivity index (χ3v) is 7.22. The van der Waals surface area contributed by atoms with Crippen molar-refractivity contribution >= 4 is 44.9 Å². The Morgan fingerprint density at radius 3 is 1.58 bits per heavy atom. The summed E-state index contributed by atoms with van der Waals surface area (Å²) in [5, 5.41) is 2.57. The van der Waals surface area contributed by atoms with E-state index in [1.807, 2.05) is 0 Å². The van der Waals surface area contributed by atoms with Gasteiger partial charge in [-0.25, -0.2) is 0 Å². The van der Waals surface area contributed by atoms with E-state index >= 15 is 0 Å². The minimum atomic E-state index is 0.851. The number of benzene rings is 4. The quantitative estimate of drug-likeness (QED) is 0.342. The number of anilines is 6. The summed E-state index contributed by atoms with van der Waals surface area (Å²) >= 11 is 0. The molecule has 2 aliphatic rings.